The molecule has 0 aliphatic carbocycles. The fourth-order valence-corrected chi connectivity index (χ4v) is 0.0915. The number of amides is 2. The van der Waals surface area contributed by atoms with Crippen LogP contribution in [0, 0.1) is 0 Å². The van der Waals surface area contributed by atoms with Crippen molar-refractivity contribution in [2.45, 2.75) is 0 Å². The van der Waals surface area contributed by atoms with Crippen LogP contribution in [0.4, 0.5) is 9.59 Å². The fraction of sp³-hybridized carbons (Fsp3) is 0. The quantitative estimate of drug-likeness (QED) is 0.273. The molecular weight excluding hydrogens is 197 g/mol. The van der Waals surface area contributed by atoms with E-state index in [4.69, 9.17) is 29.5 Å². The average molecular weight is 203 g/mol. The van der Waals surface area contributed by atoms with Crippen LogP contribution in [-0.2, 0) is 4.57 Å². The molecule has 72 valence electrons. The monoisotopic (exact) mass is 203 g/mol. The zero-order valence-electron chi connectivity index (χ0n) is 5.41. The lowest BCUT2D eigenvalue weighted by Gasteiger charge is -1.85. The molecule has 0 heterocycles. The van der Waals surface area contributed by atoms with Gasteiger partial charge in [-0.05, 0) is 0 Å². The van der Waals surface area contributed by atoms with Gasteiger partial charge in [0.2, 0.25) is 0 Å². The highest BCUT2D eigenvalue weighted by atomic mass is 31.2. The Bertz CT molecular complexity index is 185. The second kappa shape index (κ2) is 5.49. The van der Waals surface area contributed by atoms with E-state index in [-0.39, 0.29) is 0 Å². The zero-order chi connectivity index (χ0) is 10.4. The van der Waals surface area contributed by atoms with Gasteiger partial charge in [-0.1, -0.05) is 0 Å². The Morgan fingerprint density at radius 2 is 1.17 bits per heavy atom. The summed E-state index contributed by atoms with van der Waals surface area (Å²) in [5, 5.41) is 16.3. The Morgan fingerprint density at radius 1 is 1.00 bits per heavy atom. The summed E-state index contributed by atoms with van der Waals surface area (Å²) in [6.45, 7) is 0. The molecule has 0 saturated carbocycles. The number of rotatable bonds is 0. The number of carbonyl (C=O) groups is 2. The van der Waals surface area contributed by atoms with Gasteiger partial charge in [0.1, 0.15) is 0 Å². The lowest BCUT2D eigenvalue weighted by molar-refractivity contribution is 0.174. The second-order valence-electron chi connectivity index (χ2n) is 1.25. The molecule has 0 aromatic carbocycles. The molecule has 0 atom stereocenters. The molecule has 0 saturated heterocycles. The van der Waals surface area contributed by atoms with Gasteiger partial charge in [0.15, 0.2) is 0 Å². The fourth-order valence-electron chi connectivity index (χ4n) is 0.0915. The van der Waals surface area contributed by atoms with E-state index in [0.29, 0.717) is 0 Å². The van der Waals surface area contributed by atoms with Crippen molar-refractivity contribution in [2.24, 2.45) is 0 Å². The number of hydrogen-bond donors (Lipinski definition) is 6. The largest absolute Gasteiger partial charge is 0.466 e. The van der Waals surface area contributed by atoms with Gasteiger partial charge in [0.05, 0.1) is 0 Å². The smallest absolute Gasteiger partial charge is 0.465 e. The highest BCUT2D eigenvalue weighted by Gasteiger charge is 2.00. The molecule has 0 unspecified atom stereocenters. The van der Waals surface area contributed by atoms with Gasteiger partial charge in [-0.15, -0.1) is 0 Å². The first-order chi connectivity index (χ1) is 5.13. The van der Waals surface area contributed by atoms with Gasteiger partial charge in [-0.2, -0.15) is 0 Å². The summed E-state index contributed by atoms with van der Waals surface area (Å²) in [5.41, 5.74) is 0. The summed E-state index contributed by atoms with van der Waals surface area (Å²) in [5.74, 6) is 0. The molecule has 12 heavy (non-hydrogen) atoms. The van der Waals surface area contributed by atoms with Gasteiger partial charge in [0.25, 0.3) is 0 Å². The maximum Gasteiger partial charge on any atom is 0.466 e. The third kappa shape index (κ3) is 67.1. The van der Waals surface area contributed by atoms with Crippen LogP contribution in [0.1, 0.15) is 0 Å². The van der Waals surface area contributed by atoms with Crippen molar-refractivity contribution in [2.75, 3.05) is 0 Å². The molecule has 2 amide bonds. The Balaban J connectivity index is 0. The Labute approximate surface area is 65.5 Å². The highest BCUT2D eigenvalue weighted by Crippen LogP contribution is 2.25. The van der Waals surface area contributed by atoms with E-state index >= 15 is 0 Å². The molecule has 0 fully saturated rings. The Kier molecular flexibility index (Phi) is 6.15. The van der Waals surface area contributed by atoms with Crippen molar-refractivity contribution in [3.05, 3.63) is 0 Å². The SMILES string of the molecule is O=C(O)NC(=O)O.O=P(O)(O)O. The van der Waals surface area contributed by atoms with Gasteiger partial charge < -0.3 is 24.9 Å². The second-order valence-corrected chi connectivity index (χ2v) is 2.28. The number of carboxylic acid groups (broad SMARTS) is 2. The van der Waals surface area contributed by atoms with Crippen molar-refractivity contribution in [3.63, 3.8) is 0 Å². The normalized spacial score (nSPS) is 9.25. The van der Waals surface area contributed by atoms with Crippen LogP contribution >= 0.6 is 7.82 Å². The van der Waals surface area contributed by atoms with E-state index in [2.05, 4.69) is 0 Å². The van der Waals surface area contributed by atoms with E-state index in [1.54, 1.807) is 0 Å². The highest BCUT2D eigenvalue weighted by molar-refractivity contribution is 7.45. The van der Waals surface area contributed by atoms with Crippen LogP contribution in [0.25, 0.3) is 0 Å². The minimum atomic E-state index is -4.64. The Morgan fingerprint density at radius 3 is 1.17 bits per heavy atom. The van der Waals surface area contributed by atoms with Crippen molar-refractivity contribution in [1.82, 2.24) is 5.32 Å². The van der Waals surface area contributed by atoms with Gasteiger partial charge in [-0.3, -0.25) is 0 Å². The van der Waals surface area contributed by atoms with Crippen molar-refractivity contribution < 1.29 is 39.0 Å². The topological polar surface area (TPSA) is 164 Å². The first-order valence-electron chi connectivity index (χ1n) is 2.14. The summed E-state index contributed by atoms with van der Waals surface area (Å²) in [6, 6.07) is 0. The van der Waals surface area contributed by atoms with E-state index < -0.39 is 20.0 Å². The van der Waals surface area contributed by atoms with E-state index in [9.17, 15) is 9.59 Å². The molecule has 0 bridgehead atoms. The number of imide groups is 1. The van der Waals surface area contributed by atoms with Gasteiger partial charge in [0, 0.05) is 0 Å². The zero-order valence-corrected chi connectivity index (χ0v) is 6.30. The molecule has 0 rings (SSSR count). The summed E-state index contributed by atoms with van der Waals surface area (Å²) in [6.07, 6.45) is -3.12. The lowest BCUT2D eigenvalue weighted by Crippen LogP contribution is -2.26. The first kappa shape index (κ1) is 13.4. The van der Waals surface area contributed by atoms with Crippen LogP contribution in [0.15, 0.2) is 0 Å². The van der Waals surface area contributed by atoms with Crippen molar-refractivity contribution >= 4 is 20.0 Å². The van der Waals surface area contributed by atoms with Crippen LogP contribution < -0.4 is 5.32 Å². The Hall–Kier alpha value is -1.15. The van der Waals surface area contributed by atoms with Crippen LogP contribution in [0.2, 0.25) is 0 Å². The molecule has 9 nitrogen and oxygen atoms in total. The van der Waals surface area contributed by atoms with Crippen LogP contribution in [0.5, 0.6) is 0 Å². The molecule has 0 radical (unpaired) electrons. The van der Waals surface area contributed by atoms with Gasteiger partial charge >= 0.3 is 20.0 Å². The number of hydrogen-bond acceptors (Lipinski definition) is 3. The summed E-state index contributed by atoms with van der Waals surface area (Å²) in [4.78, 5) is 40.2. The average Bonchev–Trinajstić information content (AvgIpc) is 1.52. The maximum atomic E-state index is 9.32. The molecule has 0 spiro atoms. The minimum Gasteiger partial charge on any atom is -0.465 e. The summed E-state index contributed by atoms with van der Waals surface area (Å²) >= 11 is 0. The molecule has 0 aliphatic rings. The molecule has 10 heteroatoms. The standard InChI is InChI=1S/C2H3NO4.H3O4P/c4-1(5)3-2(6)7;1-5(2,3)4/h3H,(H,4,5)(H,6,7);(H3,1,2,3,4). The number of nitrogens with one attached hydrogen (secondary N) is 1. The first-order valence-corrected chi connectivity index (χ1v) is 3.70. The summed E-state index contributed by atoms with van der Waals surface area (Å²) in [7, 11) is -4.64. The van der Waals surface area contributed by atoms with Crippen molar-refractivity contribution in [1.29, 1.82) is 0 Å². The van der Waals surface area contributed by atoms with Gasteiger partial charge in [-0.25, -0.2) is 19.5 Å². The molecule has 6 N–H and O–H groups in total. The lowest BCUT2D eigenvalue weighted by atomic mass is 11.0. The van der Waals surface area contributed by atoms with E-state index in [1.165, 1.54) is 0 Å². The van der Waals surface area contributed by atoms with Crippen LogP contribution in [0.3, 0.4) is 0 Å². The molecular formula is C2H6NO8P. The minimum absolute atomic E-state index is 1.14. The van der Waals surface area contributed by atoms with Crippen molar-refractivity contribution in [3.8, 4) is 0 Å². The maximum absolute atomic E-state index is 9.32. The summed E-state index contributed by atoms with van der Waals surface area (Å²) < 4.78 is 8.88. The molecule has 0 aromatic rings. The van der Waals surface area contributed by atoms with E-state index in [0.717, 1.165) is 5.32 Å². The molecule has 0 aliphatic heterocycles. The number of phosphoric acid groups is 1. The van der Waals surface area contributed by atoms with E-state index in [1.807, 2.05) is 0 Å². The predicted molar refractivity (Wildman–Crippen MR) is 33.4 cm³/mol. The predicted octanol–water partition coefficient (Wildman–Crippen LogP) is -0.997. The van der Waals surface area contributed by atoms with Crippen LogP contribution in [-0.4, -0.2) is 37.1 Å². The molecule has 0 aromatic heterocycles. The third-order valence-corrected chi connectivity index (χ3v) is 0.214. The third-order valence-electron chi connectivity index (χ3n) is 0.214.